The Kier molecular flexibility index (Phi) is 4.00. The number of nitrogens with zero attached hydrogens (tertiary/aromatic N) is 2. The van der Waals surface area contributed by atoms with Gasteiger partial charge in [0.05, 0.1) is 23.1 Å². The fraction of sp³-hybridized carbons (Fsp3) is 0.588. The van der Waals surface area contributed by atoms with Gasteiger partial charge in [-0.25, -0.2) is 8.42 Å². The number of para-hydroxylation sites is 1. The number of fused-ring (bicyclic) bond motifs is 1. The fourth-order valence-electron chi connectivity index (χ4n) is 4.16. The molecule has 0 unspecified atom stereocenters. The summed E-state index contributed by atoms with van der Waals surface area (Å²) < 4.78 is 24.0. The number of anilines is 1. The van der Waals surface area contributed by atoms with Crippen molar-refractivity contribution in [2.45, 2.75) is 24.9 Å². The monoisotopic (exact) mass is 349 g/mol. The van der Waals surface area contributed by atoms with Crippen LogP contribution in [0.15, 0.2) is 24.3 Å². The van der Waals surface area contributed by atoms with Gasteiger partial charge in [0.15, 0.2) is 9.84 Å². The fourth-order valence-corrected chi connectivity index (χ4v) is 6.12. The molecule has 0 radical (unpaired) electrons. The van der Waals surface area contributed by atoms with E-state index in [1.54, 1.807) is 4.90 Å². The number of hydrogen-bond acceptors (Lipinski definition) is 5. The molecule has 3 aliphatic heterocycles. The van der Waals surface area contributed by atoms with Gasteiger partial charge in [-0.15, -0.1) is 0 Å². The lowest BCUT2D eigenvalue weighted by atomic mass is 10.0. The quantitative estimate of drug-likeness (QED) is 0.842. The Morgan fingerprint density at radius 3 is 2.62 bits per heavy atom. The molecule has 1 N–H and O–H groups in total. The third-order valence-corrected chi connectivity index (χ3v) is 7.04. The number of rotatable bonds is 2. The van der Waals surface area contributed by atoms with Crippen molar-refractivity contribution in [3.8, 4) is 0 Å². The van der Waals surface area contributed by atoms with E-state index >= 15 is 0 Å². The normalized spacial score (nSPS) is 28.8. The second-order valence-corrected chi connectivity index (χ2v) is 9.07. The molecule has 130 valence electrons. The number of nitrogens with one attached hydrogen (secondary N) is 1. The Labute approximate surface area is 142 Å². The van der Waals surface area contributed by atoms with E-state index < -0.39 is 9.84 Å². The summed E-state index contributed by atoms with van der Waals surface area (Å²) in [5.74, 6) is 0.170. The van der Waals surface area contributed by atoms with Crippen LogP contribution in [0.5, 0.6) is 0 Å². The Balaban J connectivity index is 1.64. The van der Waals surface area contributed by atoms with E-state index in [1.165, 1.54) is 0 Å². The highest BCUT2D eigenvalue weighted by Gasteiger charge is 2.45. The molecule has 4 rings (SSSR count). The zero-order chi connectivity index (χ0) is 16.7. The maximum atomic E-state index is 13.2. The van der Waals surface area contributed by atoms with Gasteiger partial charge in [-0.2, -0.15) is 0 Å². The first-order valence-corrected chi connectivity index (χ1v) is 10.5. The van der Waals surface area contributed by atoms with Gasteiger partial charge in [-0.3, -0.25) is 4.79 Å². The summed E-state index contributed by atoms with van der Waals surface area (Å²) in [6.07, 6.45) is 2.30. The van der Waals surface area contributed by atoms with Gasteiger partial charge in [0.2, 0.25) is 0 Å². The van der Waals surface area contributed by atoms with E-state index in [0.29, 0.717) is 18.7 Å². The number of hydrogen-bond donors (Lipinski definition) is 1. The summed E-state index contributed by atoms with van der Waals surface area (Å²) in [6, 6.07) is 7.35. The third-order valence-electron chi connectivity index (χ3n) is 5.32. The van der Waals surface area contributed by atoms with Crippen molar-refractivity contribution >= 4 is 21.4 Å². The lowest BCUT2D eigenvalue weighted by Gasteiger charge is -2.38. The number of carbonyl (C=O) groups is 1. The molecule has 3 saturated heterocycles. The Bertz CT molecular complexity index is 743. The van der Waals surface area contributed by atoms with Crippen LogP contribution in [0.4, 0.5) is 5.69 Å². The van der Waals surface area contributed by atoms with Gasteiger partial charge < -0.3 is 15.1 Å². The molecule has 3 fully saturated rings. The zero-order valence-corrected chi connectivity index (χ0v) is 14.5. The predicted octanol–water partition coefficient (Wildman–Crippen LogP) is 0.498. The molecule has 1 aromatic carbocycles. The molecule has 24 heavy (non-hydrogen) atoms. The van der Waals surface area contributed by atoms with Crippen molar-refractivity contribution in [3.63, 3.8) is 0 Å². The minimum atomic E-state index is -3.07. The van der Waals surface area contributed by atoms with E-state index in [-0.39, 0.29) is 29.5 Å². The van der Waals surface area contributed by atoms with Gasteiger partial charge in [-0.05, 0) is 25.0 Å². The van der Waals surface area contributed by atoms with Crippen LogP contribution in [-0.4, -0.2) is 69.0 Å². The summed E-state index contributed by atoms with van der Waals surface area (Å²) >= 11 is 0. The van der Waals surface area contributed by atoms with Gasteiger partial charge in [0.1, 0.15) is 0 Å². The molecule has 1 aromatic rings. The average molecular weight is 349 g/mol. The van der Waals surface area contributed by atoms with Crippen molar-refractivity contribution < 1.29 is 13.2 Å². The summed E-state index contributed by atoms with van der Waals surface area (Å²) in [6.45, 7) is 3.16. The molecule has 0 aliphatic carbocycles. The zero-order valence-electron chi connectivity index (χ0n) is 13.6. The van der Waals surface area contributed by atoms with E-state index in [0.717, 1.165) is 31.6 Å². The maximum Gasteiger partial charge on any atom is 0.256 e. The van der Waals surface area contributed by atoms with Crippen molar-refractivity contribution in [1.82, 2.24) is 10.2 Å². The molecular weight excluding hydrogens is 326 g/mol. The van der Waals surface area contributed by atoms with Crippen molar-refractivity contribution in [2.75, 3.05) is 42.6 Å². The first-order chi connectivity index (χ1) is 11.6. The molecule has 6 nitrogen and oxygen atoms in total. The minimum absolute atomic E-state index is 0.0360. The largest absolute Gasteiger partial charge is 0.371 e. The Hall–Kier alpha value is -1.60. The molecule has 3 aliphatic rings. The van der Waals surface area contributed by atoms with E-state index in [2.05, 4.69) is 10.2 Å². The highest BCUT2D eigenvalue weighted by molar-refractivity contribution is 7.91. The molecule has 0 aromatic heterocycles. The van der Waals surface area contributed by atoms with Crippen LogP contribution in [0.3, 0.4) is 0 Å². The lowest BCUT2D eigenvalue weighted by molar-refractivity contribution is 0.0622. The number of piperazine rings is 1. The van der Waals surface area contributed by atoms with Gasteiger partial charge >= 0.3 is 0 Å². The summed E-state index contributed by atoms with van der Waals surface area (Å²) in [5, 5.41) is 3.26. The standard InChI is InChI=1S/C17H23N3O3S/c21-17(13-5-1-2-6-15(13)19-8-3-4-9-19)20-10-7-18-14-11-24(22,23)12-16(14)20/h1-2,5-6,14,16,18H,3-4,7-12H2/t14-,16+/m0/s1. The molecule has 7 heteroatoms. The molecule has 0 spiro atoms. The van der Waals surface area contributed by atoms with Gasteiger partial charge in [0, 0.05) is 37.9 Å². The predicted molar refractivity (Wildman–Crippen MR) is 93.2 cm³/mol. The van der Waals surface area contributed by atoms with Crippen LogP contribution < -0.4 is 10.2 Å². The Morgan fingerprint density at radius 2 is 1.83 bits per heavy atom. The maximum absolute atomic E-state index is 13.2. The molecule has 3 heterocycles. The summed E-state index contributed by atoms with van der Waals surface area (Å²) in [5.41, 5.74) is 1.68. The van der Waals surface area contributed by atoms with Crippen LogP contribution in [0.25, 0.3) is 0 Å². The first kappa shape index (κ1) is 15.9. The average Bonchev–Trinajstić information content (AvgIpc) is 3.19. The number of sulfone groups is 1. The number of benzene rings is 1. The molecule has 1 amide bonds. The lowest BCUT2D eigenvalue weighted by Crippen LogP contribution is -2.59. The van der Waals surface area contributed by atoms with Crippen molar-refractivity contribution in [1.29, 1.82) is 0 Å². The van der Waals surface area contributed by atoms with Crippen LogP contribution in [0.2, 0.25) is 0 Å². The number of carbonyl (C=O) groups excluding carboxylic acids is 1. The van der Waals surface area contributed by atoms with E-state index in [1.807, 2.05) is 24.3 Å². The smallest absolute Gasteiger partial charge is 0.256 e. The second kappa shape index (κ2) is 6.04. The van der Waals surface area contributed by atoms with E-state index in [4.69, 9.17) is 0 Å². The first-order valence-electron chi connectivity index (χ1n) is 8.64. The van der Waals surface area contributed by atoms with Crippen LogP contribution in [-0.2, 0) is 9.84 Å². The Morgan fingerprint density at radius 1 is 1.08 bits per heavy atom. The molecular formula is C17H23N3O3S. The third kappa shape index (κ3) is 2.80. The SMILES string of the molecule is O=C(c1ccccc1N1CCCC1)N1CCN[C@H]2CS(=O)(=O)C[C@H]21. The summed E-state index contributed by atoms with van der Waals surface area (Å²) in [4.78, 5) is 17.2. The summed E-state index contributed by atoms with van der Waals surface area (Å²) in [7, 11) is -3.07. The molecule has 0 saturated carbocycles. The highest BCUT2D eigenvalue weighted by atomic mass is 32.2. The minimum Gasteiger partial charge on any atom is -0.371 e. The van der Waals surface area contributed by atoms with Crippen LogP contribution in [0, 0.1) is 0 Å². The number of amides is 1. The van der Waals surface area contributed by atoms with E-state index in [9.17, 15) is 13.2 Å². The highest BCUT2D eigenvalue weighted by Crippen LogP contribution is 2.28. The van der Waals surface area contributed by atoms with Gasteiger partial charge in [-0.1, -0.05) is 12.1 Å². The van der Waals surface area contributed by atoms with Crippen molar-refractivity contribution in [3.05, 3.63) is 29.8 Å². The van der Waals surface area contributed by atoms with Gasteiger partial charge in [0.25, 0.3) is 5.91 Å². The second-order valence-electron chi connectivity index (χ2n) is 6.91. The van der Waals surface area contributed by atoms with Crippen LogP contribution in [0.1, 0.15) is 23.2 Å². The molecule has 2 atom stereocenters. The van der Waals surface area contributed by atoms with Crippen LogP contribution >= 0.6 is 0 Å². The van der Waals surface area contributed by atoms with Crippen molar-refractivity contribution in [2.24, 2.45) is 0 Å². The molecule has 0 bridgehead atoms. The topological polar surface area (TPSA) is 69.7 Å².